The monoisotopic (exact) mass is 598 g/mol. The van der Waals surface area contributed by atoms with E-state index < -0.39 is 22.8 Å². The fourth-order valence-corrected chi connectivity index (χ4v) is 4.59. The number of phenols is 1. The molecule has 3 unspecified atom stereocenters. The predicted molar refractivity (Wildman–Crippen MR) is 160 cm³/mol. The van der Waals surface area contributed by atoms with Crippen molar-refractivity contribution < 1.29 is 29.5 Å². The molecule has 42 heavy (non-hydrogen) atoms. The number of para-hydroxylation sites is 1. The number of aliphatic carboxylic acids is 1. The molecule has 1 amide bonds. The number of nitrogens with zero attached hydrogens (tertiary/aromatic N) is 2. The Morgan fingerprint density at radius 3 is 2.50 bits per heavy atom. The molecular formula is C30H35ClN4O7. The molecule has 1 aliphatic heterocycles. The highest BCUT2D eigenvalue weighted by atomic mass is 35.5. The minimum atomic E-state index is -1.18. The lowest BCUT2D eigenvalue weighted by Crippen LogP contribution is -2.54. The minimum Gasteiger partial charge on any atom is -0.507 e. The van der Waals surface area contributed by atoms with E-state index in [1.807, 2.05) is 44.2 Å². The van der Waals surface area contributed by atoms with Crippen molar-refractivity contribution >= 4 is 34.9 Å². The van der Waals surface area contributed by atoms with E-state index in [0.29, 0.717) is 22.8 Å². The Morgan fingerprint density at radius 1 is 1.17 bits per heavy atom. The van der Waals surface area contributed by atoms with E-state index in [0.717, 1.165) is 12.3 Å². The summed E-state index contributed by atoms with van der Waals surface area (Å²) >= 11 is 5.96. The van der Waals surface area contributed by atoms with Crippen LogP contribution in [-0.4, -0.2) is 58.2 Å². The molecule has 3 aromatic carbocycles. The molecule has 1 aliphatic rings. The maximum atomic E-state index is 12.5. The highest BCUT2D eigenvalue weighted by Gasteiger charge is 2.28. The van der Waals surface area contributed by atoms with E-state index in [4.69, 9.17) is 21.4 Å². The first-order valence-electron chi connectivity index (χ1n) is 13.5. The van der Waals surface area contributed by atoms with Crippen molar-refractivity contribution in [2.75, 3.05) is 18.0 Å². The van der Waals surface area contributed by atoms with Crippen LogP contribution >= 0.6 is 11.6 Å². The number of nitrogens with one attached hydrogen (secondary N) is 2. The number of nitro groups is 1. The van der Waals surface area contributed by atoms with Gasteiger partial charge in [0.25, 0.3) is 11.6 Å². The Hall–Kier alpha value is -4.35. The van der Waals surface area contributed by atoms with Gasteiger partial charge in [-0.25, -0.2) is 4.79 Å². The number of carbonyl (C=O) groups excluding carboxylic acids is 1. The van der Waals surface area contributed by atoms with Gasteiger partial charge in [-0.1, -0.05) is 42.8 Å². The van der Waals surface area contributed by atoms with Crippen LogP contribution in [0.2, 0.25) is 5.02 Å². The first-order valence-corrected chi connectivity index (χ1v) is 13.9. The third-order valence-electron chi connectivity index (χ3n) is 6.75. The van der Waals surface area contributed by atoms with Crippen molar-refractivity contribution in [2.45, 2.75) is 51.9 Å². The summed E-state index contributed by atoms with van der Waals surface area (Å²) in [6, 6.07) is 18.1. The molecule has 0 aromatic heterocycles. The van der Waals surface area contributed by atoms with E-state index in [9.17, 15) is 24.8 Å². The van der Waals surface area contributed by atoms with Gasteiger partial charge < -0.3 is 30.5 Å². The maximum Gasteiger partial charge on any atom is 0.326 e. The van der Waals surface area contributed by atoms with Gasteiger partial charge in [0.1, 0.15) is 29.7 Å². The number of rotatable bonds is 9. The zero-order chi connectivity index (χ0) is 30.8. The Morgan fingerprint density at radius 2 is 1.88 bits per heavy atom. The number of piperazine rings is 1. The Bertz CT molecular complexity index is 1370. The number of nitro benzene ring substituents is 1. The summed E-state index contributed by atoms with van der Waals surface area (Å²) in [6.45, 7) is 7.40. The van der Waals surface area contributed by atoms with Crippen molar-refractivity contribution in [1.29, 1.82) is 0 Å². The lowest BCUT2D eigenvalue weighted by Gasteiger charge is -2.39. The first-order chi connectivity index (χ1) is 20.0. The SMILES string of the molecule is CCC(NC(=O)c1cc(N2CC(C)NCC2C)ccc1[N+](=O)[O-])C(=O)O.Oc1cccc(Cl)c1COc1ccccc1. The third-order valence-corrected chi connectivity index (χ3v) is 7.10. The molecule has 3 aromatic rings. The average Bonchev–Trinajstić information content (AvgIpc) is 2.97. The molecule has 0 saturated carbocycles. The van der Waals surface area contributed by atoms with Gasteiger partial charge in [-0.3, -0.25) is 14.9 Å². The summed E-state index contributed by atoms with van der Waals surface area (Å²) in [6.07, 6.45) is 0.181. The molecule has 0 bridgehead atoms. The van der Waals surface area contributed by atoms with Crippen molar-refractivity contribution in [3.63, 3.8) is 0 Å². The highest BCUT2D eigenvalue weighted by Crippen LogP contribution is 2.28. The number of halogens is 1. The number of carboxylic acid groups (broad SMARTS) is 1. The summed E-state index contributed by atoms with van der Waals surface area (Å²) in [7, 11) is 0. The summed E-state index contributed by atoms with van der Waals surface area (Å²) in [5.74, 6) is -1.03. The van der Waals surface area contributed by atoms with Gasteiger partial charge in [0, 0.05) is 42.5 Å². The molecule has 224 valence electrons. The van der Waals surface area contributed by atoms with Crippen LogP contribution in [-0.2, 0) is 11.4 Å². The van der Waals surface area contributed by atoms with Gasteiger partial charge in [-0.05, 0) is 56.7 Å². The molecule has 4 N–H and O–H groups in total. The number of amides is 1. The number of carboxylic acids is 1. The lowest BCUT2D eigenvalue weighted by atomic mass is 10.1. The normalized spacial score (nSPS) is 16.9. The maximum absolute atomic E-state index is 12.5. The predicted octanol–water partition coefficient (Wildman–Crippen LogP) is 5.00. The summed E-state index contributed by atoms with van der Waals surface area (Å²) in [5, 5.41) is 36.2. The Labute approximate surface area is 249 Å². The van der Waals surface area contributed by atoms with E-state index in [-0.39, 0.29) is 42.1 Å². The molecule has 12 heteroatoms. The fourth-order valence-electron chi connectivity index (χ4n) is 4.36. The van der Waals surface area contributed by atoms with Crippen LogP contribution in [0.4, 0.5) is 11.4 Å². The molecular weight excluding hydrogens is 564 g/mol. The fraction of sp³-hybridized carbons (Fsp3) is 0.333. The topological polar surface area (TPSA) is 154 Å². The summed E-state index contributed by atoms with van der Waals surface area (Å²) in [5.41, 5.74) is 0.825. The second-order valence-corrected chi connectivity index (χ2v) is 10.3. The Balaban J connectivity index is 0.000000258. The van der Waals surface area contributed by atoms with Gasteiger partial charge in [0.15, 0.2) is 0 Å². The Kier molecular flexibility index (Phi) is 11.5. The van der Waals surface area contributed by atoms with Gasteiger partial charge in [-0.2, -0.15) is 0 Å². The number of aromatic hydroxyl groups is 1. The smallest absolute Gasteiger partial charge is 0.326 e. The molecule has 0 aliphatic carbocycles. The molecule has 3 atom stereocenters. The van der Waals surface area contributed by atoms with E-state index in [2.05, 4.69) is 15.5 Å². The number of hydrogen-bond acceptors (Lipinski definition) is 8. The van der Waals surface area contributed by atoms with Crippen LogP contribution in [0.1, 0.15) is 43.1 Å². The second kappa shape index (κ2) is 15.0. The van der Waals surface area contributed by atoms with Gasteiger partial charge in [0.05, 0.1) is 9.95 Å². The zero-order valence-electron chi connectivity index (χ0n) is 23.6. The van der Waals surface area contributed by atoms with Gasteiger partial charge in [-0.15, -0.1) is 0 Å². The molecule has 1 fully saturated rings. The second-order valence-electron chi connectivity index (χ2n) is 9.88. The number of benzene rings is 3. The summed E-state index contributed by atoms with van der Waals surface area (Å²) < 4.78 is 5.51. The molecule has 0 spiro atoms. The number of phenolic OH excluding ortho intramolecular Hbond substituents is 1. The van der Waals surface area contributed by atoms with Gasteiger partial charge in [0.2, 0.25) is 0 Å². The van der Waals surface area contributed by atoms with Crippen LogP contribution in [0, 0.1) is 10.1 Å². The first kappa shape index (κ1) is 32.2. The standard InChI is InChI=1S/C17H24N4O5.C13H11ClO2/c1-4-14(17(23)24)19-16(22)13-7-12(5-6-15(13)21(25)26)20-9-10(2)18-8-11(20)3;14-12-7-4-8-13(15)11(12)9-16-10-5-2-1-3-6-10/h5-7,10-11,14,18H,4,8-9H2,1-3H3,(H,19,22)(H,23,24);1-8,15H,9H2. The molecule has 1 heterocycles. The lowest BCUT2D eigenvalue weighted by molar-refractivity contribution is -0.385. The average molecular weight is 599 g/mol. The highest BCUT2D eigenvalue weighted by molar-refractivity contribution is 6.31. The number of anilines is 1. The van der Waals surface area contributed by atoms with Gasteiger partial charge >= 0.3 is 5.97 Å². The number of carbonyl (C=O) groups is 2. The van der Waals surface area contributed by atoms with Crippen LogP contribution in [0.3, 0.4) is 0 Å². The minimum absolute atomic E-state index is 0.134. The number of hydrogen-bond donors (Lipinski definition) is 4. The molecule has 4 rings (SSSR count). The van der Waals surface area contributed by atoms with E-state index in [1.165, 1.54) is 12.1 Å². The molecule has 1 saturated heterocycles. The molecule has 11 nitrogen and oxygen atoms in total. The van der Waals surface area contributed by atoms with Crippen molar-refractivity contribution in [3.05, 3.63) is 93.0 Å². The summed E-state index contributed by atoms with van der Waals surface area (Å²) in [4.78, 5) is 36.4. The van der Waals surface area contributed by atoms with Crippen LogP contribution in [0.5, 0.6) is 11.5 Å². The largest absolute Gasteiger partial charge is 0.507 e. The van der Waals surface area contributed by atoms with Crippen molar-refractivity contribution in [2.24, 2.45) is 0 Å². The van der Waals surface area contributed by atoms with Crippen molar-refractivity contribution in [1.82, 2.24) is 10.6 Å². The van der Waals surface area contributed by atoms with Crippen LogP contribution < -0.4 is 20.3 Å². The molecule has 0 radical (unpaired) electrons. The number of ether oxygens (including phenoxy) is 1. The third kappa shape index (κ3) is 8.58. The van der Waals surface area contributed by atoms with Crippen LogP contribution in [0.25, 0.3) is 0 Å². The van der Waals surface area contributed by atoms with Crippen molar-refractivity contribution in [3.8, 4) is 11.5 Å². The van der Waals surface area contributed by atoms with Crippen LogP contribution in [0.15, 0.2) is 66.7 Å². The van der Waals surface area contributed by atoms with E-state index in [1.54, 1.807) is 31.2 Å². The van der Waals surface area contributed by atoms with E-state index >= 15 is 0 Å². The quantitative estimate of drug-likeness (QED) is 0.197. The zero-order valence-corrected chi connectivity index (χ0v) is 24.4.